The van der Waals surface area contributed by atoms with Crippen LogP contribution in [0, 0.1) is 0 Å². The van der Waals surface area contributed by atoms with Gasteiger partial charge in [0.25, 0.3) is 0 Å². The third kappa shape index (κ3) is 10.9. The number of nitrogens with zero attached hydrogens (tertiary/aromatic N) is 7. The molecule has 1 N–H and O–H groups in total. The van der Waals surface area contributed by atoms with E-state index in [1.54, 1.807) is 5.10 Å². The number of aromatic nitrogens is 8. The number of aromatic amines is 1. The number of carbonyl (C=O) groups is 1. The molecule has 0 aliphatic heterocycles. The summed E-state index contributed by atoms with van der Waals surface area (Å²) < 4.78 is 129. The van der Waals surface area contributed by atoms with Gasteiger partial charge in [0.05, 0.1) is 19.5 Å². The number of carboxylic acids is 1. The molecule has 0 radical (unpaired) electrons. The number of carbonyl (C=O) groups excluding carboxylic acids is 1. The second-order valence-electron chi connectivity index (χ2n) is 7.60. The molecule has 0 saturated heterocycles. The SMILES string of the molecule is CC(=O)[O-].COc1cc(C(F)(F)F)nnc1-c1cnn(C(F)F)c1.O=c1cc(C(F)(F)F)[nH]nc1-c1cnn(C(F)F)c1.[K+]. The summed E-state index contributed by atoms with van der Waals surface area (Å²) in [7, 11) is 1.14. The van der Waals surface area contributed by atoms with Crippen LogP contribution in [0.3, 0.4) is 0 Å². The second-order valence-corrected chi connectivity index (χ2v) is 7.60. The van der Waals surface area contributed by atoms with Crippen molar-refractivity contribution >= 4 is 5.97 Å². The number of H-pyrrole nitrogens is 1. The van der Waals surface area contributed by atoms with Gasteiger partial charge in [-0.2, -0.15) is 59.2 Å². The van der Waals surface area contributed by atoms with Crippen LogP contribution in [-0.4, -0.2) is 53.0 Å². The topological polar surface area (TPSA) is 157 Å². The summed E-state index contributed by atoms with van der Waals surface area (Å²) in [6, 6.07) is 0.949. The minimum atomic E-state index is -4.74. The number of alkyl halides is 10. The molecule has 12 nitrogen and oxygen atoms in total. The fourth-order valence-corrected chi connectivity index (χ4v) is 2.76. The van der Waals surface area contributed by atoms with Crippen LogP contribution in [0.15, 0.2) is 41.7 Å². The van der Waals surface area contributed by atoms with E-state index in [1.807, 2.05) is 0 Å². The van der Waals surface area contributed by atoms with E-state index in [2.05, 4.69) is 25.5 Å². The zero-order valence-corrected chi connectivity index (χ0v) is 25.3. The molecule has 0 spiro atoms. The van der Waals surface area contributed by atoms with E-state index in [9.17, 15) is 48.7 Å². The number of methoxy groups -OCH3 is 1. The smallest absolute Gasteiger partial charge is 0.550 e. The summed E-state index contributed by atoms with van der Waals surface area (Å²) in [5.41, 5.74) is -4.15. The summed E-state index contributed by atoms with van der Waals surface area (Å²) in [6.07, 6.45) is -5.72. The Morgan fingerprint density at radius 3 is 1.73 bits per heavy atom. The average molecular weight is 672 g/mol. The maximum Gasteiger partial charge on any atom is 1.00 e. The third-order valence-electron chi connectivity index (χ3n) is 4.52. The second kappa shape index (κ2) is 16.1. The van der Waals surface area contributed by atoms with Crippen LogP contribution in [-0.2, 0) is 17.1 Å². The first-order valence-corrected chi connectivity index (χ1v) is 10.8. The van der Waals surface area contributed by atoms with Gasteiger partial charge in [0.15, 0.2) is 5.69 Å². The fraction of sp³-hybridized carbons (Fsp3) is 0.286. The molecule has 0 unspecified atom stereocenters. The van der Waals surface area contributed by atoms with Crippen molar-refractivity contribution < 1.29 is 110 Å². The number of rotatable bonds is 5. The first-order valence-electron chi connectivity index (χ1n) is 10.8. The Bertz CT molecular complexity index is 1580. The van der Waals surface area contributed by atoms with Gasteiger partial charge in [-0.25, -0.2) is 9.36 Å². The van der Waals surface area contributed by atoms with Crippen molar-refractivity contribution in [3.63, 3.8) is 0 Å². The molecule has 4 aromatic rings. The van der Waals surface area contributed by atoms with E-state index < -0.39 is 53.9 Å². The summed E-state index contributed by atoms with van der Waals surface area (Å²) in [5, 5.41) is 26.8. The predicted octanol–water partition coefficient (Wildman–Crippen LogP) is 0.570. The Hall–Kier alpha value is -3.41. The maximum atomic E-state index is 12.5. The Morgan fingerprint density at radius 2 is 1.36 bits per heavy atom. The zero-order chi connectivity index (χ0) is 32.7. The molecule has 0 fully saturated rings. The molecule has 0 bridgehead atoms. The van der Waals surface area contributed by atoms with Crippen LogP contribution in [0.1, 0.15) is 31.4 Å². The fourth-order valence-electron chi connectivity index (χ4n) is 2.76. The van der Waals surface area contributed by atoms with E-state index >= 15 is 0 Å². The van der Waals surface area contributed by atoms with Crippen molar-refractivity contribution in [1.29, 1.82) is 0 Å². The normalized spacial score (nSPS) is 11.2. The Balaban J connectivity index is 0.000000385. The van der Waals surface area contributed by atoms with Crippen molar-refractivity contribution in [3.05, 3.63) is 58.5 Å². The molecule has 0 amide bonds. The van der Waals surface area contributed by atoms with E-state index in [0.717, 1.165) is 38.8 Å². The number of hydrogen-bond acceptors (Lipinski definition) is 9. The molecule has 23 heteroatoms. The summed E-state index contributed by atoms with van der Waals surface area (Å²) in [4.78, 5) is 20.3. The number of ether oxygens (including phenoxy) is 1. The first-order chi connectivity index (χ1) is 19.8. The molecule has 234 valence electrons. The minimum Gasteiger partial charge on any atom is -0.550 e. The van der Waals surface area contributed by atoms with E-state index in [-0.39, 0.29) is 78.6 Å². The quantitative estimate of drug-likeness (QED) is 0.237. The molecule has 4 rings (SSSR count). The van der Waals surface area contributed by atoms with Crippen LogP contribution < -0.4 is 66.7 Å². The largest absolute Gasteiger partial charge is 1.00 e. The molecule has 0 saturated carbocycles. The zero-order valence-electron chi connectivity index (χ0n) is 22.2. The molecule has 0 aromatic carbocycles. The van der Waals surface area contributed by atoms with Gasteiger partial charge in [0.1, 0.15) is 22.8 Å². The van der Waals surface area contributed by atoms with Gasteiger partial charge in [-0.1, -0.05) is 0 Å². The molecule has 4 heterocycles. The standard InChI is InChI=1S/C10H7F5N4O.C9H5F5N4O.C2H4O2.K/c1-20-6-2-7(10(13,14)15)17-18-8(6)5-3-16-19(4-5)9(11)12;10-8(11)18-3-4(2-15-18)7-5(19)1-6(16-17-7)9(12,13)14;1-2(3)4;/h2-4,9H,1H3;1-3,8H,(H,16,19);1H3,(H,3,4);/q;;;+1/p-1. The monoisotopic (exact) mass is 672 g/mol. The number of halogens is 10. The van der Waals surface area contributed by atoms with Gasteiger partial charge >= 0.3 is 76.8 Å². The van der Waals surface area contributed by atoms with Gasteiger partial charge in [-0.05, 0) is 6.92 Å². The Kier molecular flexibility index (Phi) is 14.1. The minimum absolute atomic E-state index is 0. The summed E-state index contributed by atoms with van der Waals surface area (Å²) >= 11 is 0. The molecular weight excluding hydrogens is 657 g/mol. The number of carboxylic acid groups (broad SMARTS) is 1. The number of hydrogen-bond donors (Lipinski definition) is 1. The average Bonchev–Trinajstić information content (AvgIpc) is 3.58. The van der Waals surface area contributed by atoms with Crippen LogP contribution in [0.5, 0.6) is 5.75 Å². The molecular formula is C21H15F10KN8O4. The first kappa shape index (κ1) is 38.6. The molecule has 0 aliphatic rings. The van der Waals surface area contributed by atoms with Crippen molar-refractivity contribution in [2.24, 2.45) is 0 Å². The van der Waals surface area contributed by atoms with Crippen molar-refractivity contribution in [3.8, 4) is 28.3 Å². The van der Waals surface area contributed by atoms with Crippen molar-refractivity contribution in [2.75, 3.05) is 7.11 Å². The van der Waals surface area contributed by atoms with E-state index in [4.69, 9.17) is 14.6 Å². The Labute approximate surface area is 280 Å². The van der Waals surface area contributed by atoms with Crippen LogP contribution in [0.25, 0.3) is 22.5 Å². The maximum absolute atomic E-state index is 12.5. The van der Waals surface area contributed by atoms with Gasteiger partial charge in [-0.15, -0.1) is 10.2 Å². The van der Waals surface area contributed by atoms with Gasteiger partial charge < -0.3 is 14.6 Å². The molecule has 44 heavy (non-hydrogen) atoms. The van der Waals surface area contributed by atoms with Crippen molar-refractivity contribution in [2.45, 2.75) is 32.4 Å². The van der Waals surface area contributed by atoms with E-state index in [1.165, 1.54) is 0 Å². The molecule has 4 aromatic heterocycles. The van der Waals surface area contributed by atoms with E-state index in [0.29, 0.717) is 16.8 Å². The molecule has 0 aliphatic carbocycles. The predicted molar refractivity (Wildman–Crippen MR) is 119 cm³/mol. The van der Waals surface area contributed by atoms with Gasteiger partial charge in [-0.3, -0.25) is 9.89 Å². The van der Waals surface area contributed by atoms with Crippen LogP contribution in [0.2, 0.25) is 0 Å². The third-order valence-corrected chi connectivity index (χ3v) is 4.52. The Morgan fingerprint density at radius 1 is 0.886 bits per heavy atom. The number of aliphatic carboxylic acids is 1. The van der Waals surface area contributed by atoms with Crippen molar-refractivity contribution in [1.82, 2.24) is 40.0 Å². The molecule has 0 atom stereocenters. The number of nitrogens with one attached hydrogen (secondary N) is 1. The summed E-state index contributed by atoms with van der Waals surface area (Å²) in [6.45, 7) is -4.81. The summed E-state index contributed by atoms with van der Waals surface area (Å²) in [5.74, 6) is -1.32. The van der Waals surface area contributed by atoms with Crippen LogP contribution >= 0.6 is 0 Å². The van der Waals surface area contributed by atoms with Crippen LogP contribution in [0.4, 0.5) is 43.9 Å². The van der Waals surface area contributed by atoms with Gasteiger partial charge in [0, 0.05) is 41.6 Å². The van der Waals surface area contributed by atoms with Gasteiger partial charge in [0.2, 0.25) is 5.43 Å².